The van der Waals surface area contributed by atoms with Crippen molar-refractivity contribution in [2.75, 3.05) is 13.2 Å². The summed E-state index contributed by atoms with van der Waals surface area (Å²) in [7, 11) is 0. The molecule has 3 unspecified atom stereocenters. The van der Waals surface area contributed by atoms with Crippen molar-refractivity contribution >= 4 is 0 Å². The lowest BCUT2D eigenvalue weighted by Gasteiger charge is -2.32. The van der Waals surface area contributed by atoms with Crippen molar-refractivity contribution in [2.24, 2.45) is 5.92 Å². The van der Waals surface area contributed by atoms with E-state index in [4.69, 9.17) is 4.74 Å². The molecule has 16 heavy (non-hydrogen) atoms. The van der Waals surface area contributed by atoms with Crippen LogP contribution in [0, 0.1) is 5.92 Å². The maximum atomic E-state index is 5.66. The Labute approximate surface area is 100 Å². The molecule has 0 bridgehead atoms. The van der Waals surface area contributed by atoms with Crippen LogP contribution in [0.15, 0.2) is 0 Å². The predicted octanol–water partition coefficient (Wildman–Crippen LogP) is 3.11. The molecule has 0 radical (unpaired) electrons. The van der Waals surface area contributed by atoms with E-state index in [1.165, 1.54) is 51.4 Å². The summed E-state index contributed by atoms with van der Waals surface area (Å²) in [6, 6.07) is 0.792. The van der Waals surface area contributed by atoms with E-state index in [-0.39, 0.29) is 0 Å². The molecule has 2 heteroatoms. The van der Waals surface area contributed by atoms with Crippen molar-refractivity contribution in [1.29, 1.82) is 0 Å². The fourth-order valence-electron chi connectivity index (χ4n) is 3.27. The molecular weight excluding hydrogens is 198 g/mol. The highest BCUT2D eigenvalue weighted by Gasteiger charge is 2.23. The van der Waals surface area contributed by atoms with Crippen LogP contribution in [0.25, 0.3) is 0 Å². The first-order valence-electron chi connectivity index (χ1n) is 7.25. The average Bonchev–Trinajstić information content (AvgIpc) is 2.83. The van der Waals surface area contributed by atoms with Gasteiger partial charge in [0.15, 0.2) is 0 Å². The molecule has 2 fully saturated rings. The maximum Gasteiger partial charge on any atom is 0.0588 e. The van der Waals surface area contributed by atoms with Crippen molar-refractivity contribution < 1.29 is 4.74 Å². The fraction of sp³-hybridized carbons (Fsp3) is 1.00. The Hall–Kier alpha value is -0.0800. The molecule has 1 saturated carbocycles. The Bertz CT molecular complexity index is 189. The van der Waals surface area contributed by atoms with Gasteiger partial charge < -0.3 is 10.1 Å². The van der Waals surface area contributed by atoms with Crippen molar-refractivity contribution in [3.05, 3.63) is 0 Å². The monoisotopic (exact) mass is 225 g/mol. The van der Waals surface area contributed by atoms with Crippen LogP contribution in [-0.2, 0) is 4.74 Å². The van der Waals surface area contributed by atoms with Gasteiger partial charge in [0.05, 0.1) is 6.10 Å². The van der Waals surface area contributed by atoms with E-state index < -0.39 is 0 Å². The van der Waals surface area contributed by atoms with Crippen LogP contribution in [0.3, 0.4) is 0 Å². The van der Waals surface area contributed by atoms with Crippen molar-refractivity contribution in [3.8, 4) is 0 Å². The minimum atomic E-state index is 0.552. The number of rotatable bonds is 5. The van der Waals surface area contributed by atoms with Crippen molar-refractivity contribution in [1.82, 2.24) is 5.32 Å². The van der Waals surface area contributed by atoms with E-state index in [2.05, 4.69) is 12.2 Å². The minimum Gasteiger partial charge on any atom is -0.378 e. The summed E-state index contributed by atoms with van der Waals surface area (Å²) in [6.45, 7) is 4.49. The molecule has 1 aliphatic carbocycles. The van der Waals surface area contributed by atoms with Crippen LogP contribution < -0.4 is 5.32 Å². The van der Waals surface area contributed by atoms with Gasteiger partial charge in [-0.2, -0.15) is 0 Å². The lowest BCUT2D eigenvalue weighted by Crippen LogP contribution is -2.39. The predicted molar refractivity (Wildman–Crippen MR) is 67.6 cm³/mol. The lowest BCUT2D eigenvalue weighted by atomic mass is 9.83. The first-order valence-corrected chi connectivity index (χ1v) is 7.25. The Balaban J connectivity index is 1.63. The van der Waals surface area contributed by atoms with Gasteiger partial charge in [0.1, 0.15) is 0 Å². The van der Waals surface area contributed by atoms with E-state index in [0.717, 1.165) is 25.1 Å². The van der Waals surface area contributed by atoms with Gasteiger partial charge >= 0.3 is 0 Å². The van der Waals surface area contributed by atoms with Gasteiger partial charge in [0, 0.05) is 12.6 Å². The maximum absolute atomic E-state index is 5.66. The highest BCUT2D eigenvalue weighted by Crippen LogP contribution is 2.26. The quantitative estimate of drug-likeness (QED) is 0.776. The highest BCUT2D eigenvalue weighted by molar-refractivity contribution is 4.80. The molecular formula is C14H27NO. The van der Waals surface area contributed by atoms with Crippen molar-refractivity contribution in [3.63, 3.8) is 0 Å². The molecule has 0 spiro atoms. The van der Waals surface area contributed by atoms with E-state index in [1.807, 2.05) is 0 Å². The second kappa shape index (κ2) is 6.61. The van der Waals surface area contributed by atoms with Crippen LogP contribution in [-0.4, -0.2) is 25.3 Å². The topological polar surface area (TPSA) is 21.3 Å². The molecule has 1 heterocycles. The number of hydrogen-bond donors (Lipinski definition) is 1. The van der Waals surface area contributed by atoms with E-state index in [1.54, 1.807) is 0 Å². The lowest BCUT2D eigenvalue weighted by molar-refractivity contribution is 0.102. The van der Waals surface area contributed by atoms with Crippen LogP contribution in [0.2, 0.25) is 0 Å². The molecule has 0 aromatic rings. The molecule has 1 aliphatic heterocycles. The van der Waals surface area contributed by atoms with E-state index in [0.29, 0.717) is 6.10 Å². The van der Waals surface area contributed by atoms with Gasteiger partial charge in [0.2, 0.25) is 0 Å². The van der Waals surface area contributed by atoms with Gasteiger partial charge in [-0.3, -0.25) is 0 Å². The molecule has 0 aromatic carbocycles. The smallest absolute Gasteiger partial charge is 0.0588 e. The molecule has 3 atom stereocenters. The normalized spacial score (nSPS) is 35.4. The molecule has 0 aromatic heterocycles. The van der Waals surface area contributed by atoms with Gasteiger partial charge in [-0.1, -0.05) is 26.2 Å². The Morgan fingerprint density at radius 1 is 1.12 bits per heavy atom. The van der Waals surface area contributed by atoms with Crippen LogP contribution >= 0.6 is 0 Å². The second-order valence-corrected chi connectivity index (χ2v) is 5.44. The highest BCUT2D eigenvalue weighted by atomic mass is 16.5. The third kappa shape index (κ3) is 3.46. The fourth-order valence-corrected chi connectivity index (χ4v) is 3.27. The summed E-state index contributed by atoms with van der Waals surface area (Å²) in [5, 5.41) is 3.77. The van der Waals surface area contributed by atoms with Gasteiger partial charge in [-0.15, -0.1) is 0 Å². The zero-order chi connectivity index (χ0) is 11.2. The van der Waals surface area contributed by atoms with Crippen LogP contribution in [0.4, 0.5) is 0 Å². The third-order valence-corrected chi connectivity index (χ3v) is 4.33. The summed E-state index contributed by atoms with van der Waals surface area (Å²) in [6.07, 6.45) is 11.4. The Morgan fingerprint density at radius 3 is 2.75 bits per heavy atom. The Morgan fingerprint density at radius 2 is 2.00 bits per heavy atom. The largest absolute Gasteiger partial charge is 0.378 e. The van der Waals surface area contributed by atoms with Gasteiger partial charge in [0.25, 0.3) is 0 Å². The molecule has 2 rings (SSSR count). The second-order valence-electron chi connectivity index (χ2n) is 5.44. The zero-order valence-electron chi connectivity index (χ0n) is 10.7. The van der Waals surface area contributed by atoms with E-state index in [9.17, 15) is 0 Å². The Kier molecular flexibility index (Phi) is 5.11. The van der Waals surface area contributed by atoms with Gasteiger partial charge in [-0.05, 0) is 44.6 Å². The first kappa shape index (κ1) is 12.4. The summed E-state index contributed by atoms with van der Waals surface area (Å²) in [5.74, 6) is 0.929. The summed E-state index contributed by atoms with van der Waals surface area (Å²) in [5.41, 5.74) is 0. The van der Waals surface area contributed by atoms with Crippen molar-refractivity contribution in [2.45, 2.75) is 70.4 Å². The molecule has 0 amide bonds. The molecule has 2 nitrogen and oxygen atoms in total. The van der Waals surface area contributed by atoms with Crippen LogP contribution in [0.5, 0.6) is 0 Å². The summed E-state index contributed by atoms with van der Waals surface area (Å²) in [4.78, 5) is 0. The van der Waals surface area contributed by atoms with Gasteiger partial charge in [-0.25, -0.2) is 0 Å². The molecule has 94 valence electrons. The SMILES string of the molecule is CCC1CCCCC1NCCC1CCCO1. The first-order chi connectivity index (χ1) is 7.90. The summed E-state index contributed by atoms with van der Waals surface area (Å²) < 4.78 is 5.66. The summed E-state index contributed by atoms with van der Waals surface area (Å²) >= 11 is 0. The minimum absolute atomic E-state index is 0.552. The number of nitrogens with one attached hydrogen (secondary N) is 1. The third-order valence-electron chi connectivity index (χ3n) is 4.33. The molecule has 2 aliphatic rings. The standard InChI is InChI=1S/C14H27NO/c1-2-12-6-3-4-8-14(12)15-10-9-13-7-5-11-16-13/h12-15H,2-11H2,1H3. The molecule has 1 N–H and O–H groups in total. The van der Waals surface area contributed by atoms with E-state index >= 15 is 0 Å². The molecule has 1 saturated heterocycles. The van der Waals surface area contributed by atoms with Crippen LogP contribution in [0.1, 0.15) is 58.3 Å². The number of ether oxygens (including phenoxy) is 1. The zero-order valence-corrected chi connectivity index (χ0v) is 10.7. The number of hydrogen-bond acceptors (Lipinski definition) is 2. The average molecular weight is 225 g/mol.